The van der Waals surface area contributed by atoms with Crippen LogP contribution in [0.25, 0.3) is 10.8 Å². The Kier molecular flexibility index (Phi) is 3.14. The van der Waals surface area contributed by atoms with Crippen LogP contribution in [0.1, 0.15) is 30.9 Å². The standard InChI is InChI=1S/C15H16O2/c1-10(2)12-8-7-11-5-3-4-6-13(11)14(12)9-15(16)17/h3-8,10H,9H2,1-2H3,(H,16,17). The van der Waals surface area contributed by atoms with Gasteiger partial charge in [0.25, 0.3) is 0 Å². The average Bonchev–Trinajstić information content (AvgIpc) is 2.28. The maximum atomic E-state index is 11.0. The fraction of sp³-hybridized carbons (Fsp3) is 0.267. The smallest absolute Gasteiger partial charge is 0.307 e. The van der Waals surface area contributed by atoms with E-state index in [4.69, 9.17) is 5.11 Å². The second kappa shape index (κ2) is 4.58. The molecule has 0 aromatic heterocycles. The van der Waals surface area contributed by atoms with E-state index < -0.39 is 5.97 Å². The fourth-order valence-electron chi connectivity index (χ4n) is 2.24. The molecule has 0 fully saturated rings. The molecule has 0 radical (unpaired) electrons. The summed E-state index contributed by atoms with van der Waals surface area (Å²) in [5, 5.41) is 11.2. The van der Waals surface area contributed by atoms with E-state index >= 15 is 0 Å². The highest BCUT2D eigenvalue weighted by Crippen LogP contribution is 2.28. The van der Waals surface area contributed by atoms with E-state index in [1.54, 1.807) is 0 Å². The minimum Gasteiger partial charge on any atom is -0.481 e. The van der Waals surface area contributed by atoms with Crippen LogP contribution in [0.15, 0.2) is 36.4 Å². The molecule has 0 heterocycles. The van der Waals surface area contributed by atoms with Gasteiger partial charge in [-0.2, -0.15) is 0 Å². The lowest BCUT2D eigenvalue weighted by Gasteiger charge is -2.14. The summed E-state index contributed by atoms with van der Waals surface area (Å²) >= 11 is 0. The van der Waals surface area contributed by atoms with Gasteiger partial charge in [-0.3, -0.25) is 4.79 Å². The molecule has 0 aliphatic heterocycles. The average molecular weight is 228 g/mol. The summed E-state index contributed by atoms with van der Waals surface area (Å²) in [7, 11) is 0. The van der Waals surface area contributed by atoms with Crippen molar-refractivity contribution >= 4 is 16.7 Å². The van der Waals surface area contributed by atoms with Crippen molar-refractivity contribution in [3.8, 4) is 0 Å². The normalized spacial score (nSPS) is 11.0. The third-order valence-corrected chi connectivity index (χ3v) is 3.03. The third kappa shape index (κ3) is 2.31. The minimum atomic E-state index is -0.775. The number of benzene rings is 2. The molecule has 2 aromatic carbocycles. The van der Waals surface area contributed by atoms with Crippen molar-refractivity contribution in [3.63, 3.8) is 0 Å². The molecule has 2 rings (SSSR count). The van der Waals surface area contributed by atoms with Gasteiger partial charge in [-0.1, -0.05) is 50.2 Å². The van der Waals surface area contributed by atoms with Crippen molar-refractivity contribution in [2.24, 2.45) is 0 Å². The predicted molar refractivity (Wildman–Crippen MR) is 69.4 cm³/mol. The van der Waals surface area contributed by atoms with Gasteiger partial charge in [-0.15, -0.1) is 0 Å². The van der Waals surface area contributed by atoms with Crippen molar-refractivity contribution < 1.29 is 9.90 Å². The molecule has 0 saturated heterocycles. The van der Waals surface area contributed by atoms with E-state index in [1.807, 2.05) is 30.3 Å². The number of aliphatic carboxylic acids is 1. The summed E-state index contributed by atoms with van der Waals surface area (Å²) in [5.41, 5.74) is 2.08. The predicted octanol–water partition coefficient (Wildman–Crippen LogP) is 3.59. The van der Waals surface area contributed by atoms with Gasteiger partial charge in [-0.25, -0.2) is 0 Å². The first-order valence-corrected chi connectivity index (χ1v) is 5.82. The monoisotopic (exact) mass is 228 g/mol. The summed E-state index contributed by atoms with van der Waals surface area (Å²) in [6, 6.07) is 12.1. The number of rotatable bonds is 3. The Bertz CT molecular complexity index is 556. The van der Waals surface area contributed by atoms with Crippen LogP contribution in [-0.4, -0.2) is 11.1 Å². The maximum Gasteiger partial charge on any atom is 0.307 e. The molecule has 0 bridgehead atoms. The Balaban J connectivity index is 2.70. The van der Waals surface area contributed by atoms with Crippen LogP contribution in [0.5, 0.6) is 0 Å². The molecule has 0 aliphatic carbocycles. The Morgan fingerprint density at radius 2 is 1.88 bits per heavy atom. The van der Waals surface area contributed by atoms with Crippen molar-refractivity contribution in [1.82, 2.24) is 0 Å². The molecule has 0 amide bonds. The number of carboxylic acid groups (broad SMARTS) is 1. The Morgan fingerprint density at radius 1 is 1.18 bits per heavy atom. The van der Waals surface area contributed by atoms with Gasteiger partial charge in [0, 0.05) is 0 Å². The third-order valence-electron chi connectivity index (χ3n) is 3.03. The molecule has 17 heavy (non-hydrogen) atoms. The topological polar surface area (TPSA) is 37.3 Å². The second-order valence-corrected chi connectivity index (χ2v) is 4.58. The first-order chi connectivity index (χ1) is 8.09. The molecule has 2 aromatic rings. The van der Waals surface area contributed by atoms with E-state index in [0.29, 0.717) is 5.92 Å². The first kappa shape index (κ1) is 11.6. The summed E-state index contributed by atoms with van der Waals surface area (Å²) < 4.78 is 0. The molecule has 2 nitrogen and oxygen atoms in total. The number of carbonyl (C=O) groups is 1. The van der Waals surface area contributed by atoms with Gasteiger partial charge in [0.15, 0.2) is 0 Å². The SMILES string of the molecule is CC(C)c1ccc2ccccc2c1CC(=O)O. The molecule has 0 unspecified atom stereocenters. The molecular formula is C15H16O2. The molecule has 0 saturated carbocycles. The number of hydrogen-bond acceptors (Lipinski definition) is 1. The Labute approximate surface area is 101 Å². The molecule has 88 valence electrons. The van der Waals surface area contributed by atoms with Crippen LogP contribution in [0.2, 0.25) is 0 Å². The molecule has 0 spiro atoms. The zero-order valence-corrected chi connectivity index (χ0v) is 10.1. The molecule has 0 aliphatic rings. The molecule has 1 N–H and O–H groups in total. The zero-order valence-electron chi connectivity index (χ0n) is 10.1. The summed E-state index contributed by atoms with van der Waals surface area (Å²) in [6.07, 6.45) is 0.0921. The van der Waals surface area contributed by atoms with E-state index in [1.165, 1.54) is 0 Å². The highest BCUT2D eigenvalue weighted by molar-refractivity contribution is 5.90. The van der Waals surface area contributed by atoms with E-state index in [9.17, 15) is 4.79 Å². The lowest BCUT2D eigenvalue weighted by Crippen LogP contribution is -2.05. The Hall–Kier alpha value is -1.83. The van der Waals surface area contributed by atoms with E-state index in [0.717, 1.165) is 21.9 Å². The highest BCUT2D eigenvalue weighted by atomic mass is 16.4. The lowest BCUT2D eigenvalue weighted by atomic mass is 9.90. The van der Waals surface area contributed by atoms with Crippen LogP contribution in [0.3, 0.4) is 0 Å². The minimum absolute atomic E-state index is 0.0921. The van der Waals surface area contributed by atoms with Crippen LogP contribution in [0.4, 0.5) is 0 Å². The van der Waals surface area contributed by atoms with Crippen LogP contribution < -0.4 is 0 Å². The van der Waals surface area contributed by atoms with Crippen LogP contribution >= 0.6 is 0 Å². The van der Waals surface area contributed by atoms with Gasteiger partial charge in [0.05, 0.1) is 6.42 Å². The molecule has 0 atom stereocenters. The van der Waals surface area contributed by atoms with Crippen LogP contribution in [-0.2, 0) is 11.2 Å². The Morgan fingerprint density at radius 3 is 2.53 bits per heavy atom. The second-order valence-electron chi connectivity index (χ2n) is 4.58. The summed E-state index contributed by atoms with van der Waals surface area (Å²) in [6.45, 7) is 4.19. The van der Waals surface area contributed by atoms with E-state index in [2.05, 4.69) is 19.9 Å². The first-order valence-electron chi connectivity index (χ1n) is 5.82. The van der Waals surface area contributed by atoms with E-state index in [-0.39, 0.29) is 6.42 Å². The van der Waals surface area contributed by atoms with Gasteiger partial charge >= 0.3 is 5.97 Å². The number of carboxylic acids is 1. The van der Waals surface area contributed by atoms with Crippen molar-refractivity contribution in [3.05, 3.63) is 47.5 Å². The highest BCUT2D eigenvalue weighted by Gasteiger charge is 2.13. The molecular weight excluding hydrogens is 212 g/mol. The van der Waals surface area contributed by atoms with Crippen LogP contribution in [0, 0.1) is 0 Å². The van der Waals surface area contributed by atoms with Crippen molar-refractivity contribution in [1.29, 1.82) is 0 Å². The lowest BCUT2D eigenvalue weighted by molar-refractivity contribution is -0.136. The zero-order chi connectivity index (χ0) is 12.4. The number of fused-ring (bicyclic) bond motifs is 1. The number of hydrogen-bond donors (Lipinski definition) is 1. The summed E-state index contributed by atoms with van der Waals surface area (Å²) in [4.78, 5) is 11.0. The maximum absolute atomic E-state index is 11.0. The van der Waals surface area contributed by atoms with Crippen molar-refractivity contribution in [2.45, 2.75) is 26.2 Å². The van der Waals surface area contributed by atoms with Gasteiger partial charge in [-0.05, 0) is 27.8 Å². The fourth-order valence-corrected chi connectivity index (χ4v) is 2.24. The van der Waals surface area contributed by atoms with Gasteiger partial charge in [0.1, 0.15) is 0 Å². The van der Waals surface area contributed by atoms with Gasteiger partial charge in [0.2, 0.25) is 0 Å². The van der Waals surface area contributed by atoms with Gasteiger partial charge < -0.3 is 5.11 Å². The summed E-state index contributed by atoms with van der Waals surface area (Å²) in [5.74, 6) is -0.433. The largest absolute Gasteiger partial charge is 0.481 e. The van der Waals surface area contributed by atoms with Crippen molar-refractivity contribution in [2.75, 3.05) is 0 Å². The quantitative estimate of drug-likeness (QED) is 0.871. The molecule has 2 heteroatoms.